The minimum absolute atomic E-state index is 0. The van der Waals surface area contributed by atoms with Gasteiger partial charge in [-0.1, -0.05) is 26.3 Å². The number of carbonyl (C=O) groups excluding carboxylic acids is 2. The molecule has 0 radical (unpaired) electrons. The number of rotatable bonds is 7. The average Bonchev–Trinajstić information content (AvgIpc) is 2.51. The van der Waals surface area contributed by atoms with Gasteiger partial charge < -0.3 is 20.7 Å². The number of halogens is 1. The predicted molar refractivity (Wildman–Crippen MR) is 93.9 cm³/mol. The first-order valence-corrected chi connectivity index (χ1v) is 7.34. The summed E-state index contributed by atoms with van der Waals surface area (Å²) in [5, 5.41) is 2.77. The lowest BCUT2D eigenvalue weighted by atomic mass is 9.99. The van der Waals surface area contributed by atoms with E-state index in [1.807, 2.05) is 13.8 Å². The van der Waals surface area contributed by atoms with Crippen molar-refractivity contribution in [2.45, 2.75) is 26.3 Å². The maximum Gasteiger partial charge on any atom is 0.259 e. The third kappa shape index (κ3) is 6.88. The van der Waals surface area contributed by atoms with Crippen LogP contribution in [-0.4, -0.2) is 43.5 Å². The van der Waals surface area contributed by atoms with Gasteiger partial charge in [-0.3, -0.25) is 9.59 Å². The molecule has 2 atom stereocenters. The number of hydrogen-bond donors (Lipinski definition) is 2. The maximum absolute atomic E-state index is 12.0. The molecule has 2 amide bonds. The zero-order valence-corrected chi connectivity index (χ0v) is 14.9. The predicted octanol–water partition coefficient (Wildman–Crippen LogP) is 1.89. The van der Waals surface area contributed by atoms with E-state index in [4.69, 9.17) is 10.5 Å². The number of ether oxygens (including phenoxy) is 1. The molecule has 0 aliphatic rings. The van der Waals surface area contributed by atoms with Crippen molar-refractivity contribution < 1.29 is 14.3 Å². The molecule has 0 aromatic heterocycles. The Labute approximate surface area is 143 Å². The number of carbonyl (C=O) groups is 2. The second-order valence-corrected chi connectivity index (χ2v) is 5.51. The second-order valence-electron chi connectivity index (χ2n) is 5.51. The Morgan fingerprint density at radius 3 is 2.57 bits per heavy atom. The lowest BCUT2D eigenvalue weighted by molar-refractivity contribution is -0.130. The third-order valence-corrected chi connectivity index (χ3v) is 3.52. The smallest absolute Gasteiger partial charge is 0.259 e. The largest absolute Gasteiger partial charge is 0.484 e. The van der Waals surface area contributed by atoms with Crippen LogP contribution >= 0.6 is 12.4 Å². The number of nitrogens with one attached hydrogen (secondary N) is 1. The summed E-state index contributed by atoms with van der Waals surface area (Å²) in [5.74, 6) is 0.270. The van der Waals surface area contributed by atoms with E-state index in [0.717, 1.165) is 6.42 Å². The first-order chi connectivity index (χ1) is 10.3. The van der Waals surface area contributed by atoms with Gasteiger partial charge in [-0.25, -0.2) is 0 Å². The van der Waals surface area contributed by atoms with Gasteiger partial charge in [0.2, 0.25) is 5.91 Å². The van der Waals surface area contributed by atoms with E-state index in [1.54, 1.807) is 38.4 Å². The van der Waals surface area contributed by atoms with E-state index in [-0.39, 0.29) is 36.7 Å². The monoisotopic (exact) mass is 343 g/mol. The molecule has 1 aromatic carbocycles. The van der Waals surface area contributed by atoms with Crippen molar-refractivity contribution in [3.63, 3.8) is 0 Å². The molecular formula is C16H26ClN3O3. The summed E-state index contributed by atoms with van der Waals surface area (Å²) in [4.78, 5) is 25.0. The van der Waals surface area contributed by atoms with Crippen molar-refractivity contribution in [1.82, 2.24) is 4.90 Å². The van der Waals surface area contributed by atoms with Crippen LogP contribution in [0.1, 0.15) is 20.3 Å². The molecule has 1 rings (SSSR count). The normalized spacial score (nSPS) is 12.6. The molecule has 23 heavy (non-hydrogen) atoms. The molecule has 3 N–H and O–H groups in total. The Hall–Kier alpha value is -1.79. The number of hydrogen-bond acceptors (Lipinski definition) is 4. The van der Waals surface area contributed by atoms with Crippen molar-refractivity contribution in [1.29, 1.82) is 0 Å². The van der Waals surface area contributed by atoms with Crippen molar-refractivity contribution >= 4 is 29.9 Å². The maximum atomic E-state index is 12.0. The molecule has 6 nitrogen and oxygen atoms in total. The summed E-state index contributed by atoms with van der Waals surface area (Å²) in [7, 11) is 3.33. The summed E-state index contributed by atoms with van der Waals surface area (Å²) in [6.45, 7) is 3.89. The van der Waals surface area contributed by atoms with Gasteiger partial charge in [0.15, 0.2) is 6.61 Å². The van der Waals surface area contributed by atoms with Gasteiger partial charge in [-0.05, 0) is 18.1 Å². The highest BCUT2D eigenvalue weighted by molar-refractivity contribution is 5.95. The van der Waals surface area contributed by atoms with Gasteiger partial charge >= 0.3 is 0 Å². The van der Waals surface area contributed by atoms with Crippen molar-refractivity contribution in [2.24, 2.45) is 11.7 Å². The molecule has 1 aromatic rings. The zero-order chi connectivity index (χ0) is 16.7. The van der Waals surface area contributed by atoms with E-state index in [0.29, 0.717) is 11.4 Å². The molecule has 0 spiro atoms. The van der Waals surface area contributed by atoms with Gasteiger partial charge in [0.05, 0.1) is 6.04 Å². The number of nitrogens with zero attached hydrogens (tertiary/aromatic N) is 1. The van der Waals surface area contributed by atoms with Crippen LogP contribution in [0.4, 0.5) is 5.69 Å². The quantitative estimate of drug-likeness (QED) is 0.791. The van der Waals surface area contributed by atoms with Crippen LogP contribution in [0.5, 0.6) is 5.75 Å². The van der Waals surface area contributed by atoms with E-state index in [1.165, 1.54) is 4.90 Å². The van der Waals surface area contributed by atoms with Crippen LogP contribution in [0, 0.1) is 5.92 Å². The van der Waals surface area contributed by atoms with Gasteiger partial charge in [0.25, 0.3) is 5.91 Å². The SMILES string of the molecule is CCC(C)C(N)C(=O)Nc1cccc(OCC(=O)N(C)C)c1.Cl. The average molecular weight is 344 g/mol. The highest BCUT2D eigenvalue weighted by Gasteiger charge is 2.19. The number of nitrogens with two attached hydrogens (primary N) is 1. The Morgan fingerprint density at radius 1 is 1.35 bits per heavy atom. The molecule has 7 heteroatoms. The van der Waals surface area contributed by atoms with E-state index in [2.05, 4.69) is 5.32 Å². The molecule has 0 aliphatic heterocycles. The van der Waals surface area contributed by atoms with Crippen molar-refractivity contribution in [2.75, 3.05) is 26.0 Å². The summed E-state index contributed by atoms with van der Waals surface area (Å²) in [5.41, 5.74) is 6.49. The molecule has 0 fully saturated rings. The minimum atomic E-state index is -0.551. The zero-order valence-electron chi connectivity index (χ0n) is 14.0. The third-order valence-electron chi connectivity index (χ3n) is 3.52. The van der Waals surface area contributed by atoms with Crippen LogP contribution in [0.2, 0.25) is 0 Å². The van der Waals surface area contributed by atoms with Crippen molar-refractivity contribution in [3.8, 4) is 5.75 Å². The molecule has 0 heterocycles. The molecule has 0 saturated heterocycles. The molecule has 2 unspecified atom stereocenters. The Morgan fingerprint density at radius 2 is 2.00 bits per heavy atom. The minimum Gasteiger partial charge on any atom is -0.484 e. The number of anilines is 1. The van der Waals surface area contributed by atoms with Crippen LogP contribution in [-0.2, 0) is 9.59 Å². The molecular weight excluding hydrogens is 318 g/mol. The summed E-state index contributed by atoms with van der Waals surface area (Å²) in [6.07, 6.45) is 0.838. The van der Waals surface area contributed by atoms with Gasteiger partial charge in [0.1, 0.15) is 5.75 Å². The van der Waals surface area contributed by atoms with Crippen LogP contribution in [0.25, 0.3) is 0 Å². The molecule has 0 bridgehead atoms. The lowest BCUT2D eigenvalue weighted by Crippen LogP contribution is -2.40. The number of likely N-dealkylation sites (N-methyl/N-ethyl adjacent to an activating group) is 1. The fourth-order valence-corrected chi connectivity index (χ4v) is 1.68. The lowest BCUT2D eigenvalue weighted by Gasteiger charge is -2.18. The second kappa shape index (κ2) is 10.1. The summed E-state index contributed by atoms with van der Waals surface area (Å²) in [6, 6.07) is 6.35. The van der Waals surface area contributed by atoms with Crippen LogP contribution < -0.4 is 15.8 Å². The van der Waals surface area contributed by atoms with E-state index >= 15 is 0 Å². The summed E-state index contributed by atoms with van der Waals surface area (Å²) < 4.78 is 5.41. The molecule has 0 aliphatic carbocycles. The highest BCUT2D eigenvalue weighted by Crippen LogP contribution is 2.18. The Kier molecular flexibility index (Phi) is 9.29. The fourth-order valence-electron chi connectivity index (χ4n) is 1.68. The standard InChI is InChI=1S/C16H25N3O3.ClH/c1-5-11(2)15(17)16(21)18-12-7-6-8-13(9-12)22-10-14(20)19(3)4;/h6-9,11,15H,5,10,17H2,1-4H3,(H,18,21);1H. The highest BCUT2D eigenvalue weighted by atomic mass is 35.5. The first kappa shape index (κ1) is 21.2. The number of benzene rings is 1. The van der Waals surface area contributed by atoms with Crippen molar-refractivity contribution in [3.05, 3.63) is 24.3 Å². The Balaban J connectivity index is 0.00000484. The summed E-state index contributed by atoms with van der Waals surface area (Å²) >= 11 is 0. The van der Waals surface area contributed by atoms with Crippen LogP contribution in [0.3, 0.4) is 0 Å². The van der Waals surface area contributed by atoms with Crippen LogP contribution in [0.15, 0.2) is 24.3 Å². The number of amides is 2. The first-order valence-electron chi connectivity index (χ1n) is 7.34. The van der Waals surface area contributed by atoms with Gasteiger partial charge in [-0.2, -0.15) is 0 Å². The van der Waals surface area contributed by atoms with E-state index in [9.17, 15) is 9.59 Å². The molecule has 130 valence electrons. The fraction of sp³-hybridized carbons (Fsp3) is 0.500. The Bertz CT molecular complexity index is 523. The molecule has 0 saturated carbocycles. The van der Waals surface area contributed by atoms with Gasteiger partial charge in [0, 0.05) is 25.8 Å². The van der Waals surface area contributed by atoms with E-state index < -0.39 is 6.04 Å². The van der Waals surface area contributed by atoms with Gasteiger partial charge in [-0.15, -0.1) is 12.4 Å². The topological polar surface area (TPSA) is 84.7 Å².